The molecular formula is C32H33FN6O. The first-order chi connectivity index (χ1) is 19.2. The number of hydrogen-bond donors (Lipinski definition) is 0. The quantitative estimate of drug-likeness (QED) is 0.333. The van der Waals surface area contributed by atoms with Crippen molar-refractivity contribution in [3.63, 3.8) is 0 Å². The van der Waals surface area contributed by atoms with E-state index >= 15 is 0 Å². The van der Waals surface area contributed by atoms with E-state index in [9.17, 15) is 14.4 Å². The molecule has 0 N–H and O–H groups in total. The third-order valence-electron chi connectivity index (χ3n) is 8.17. The Morgan fingerprint density at radius 1 is 1.05 bits per heavy atom. The third-order valence-corrected chi connectivity index (χ3v) is 8.17. The van der Waals surface area contributed by atoms with Crippen LogP contribution in [0.5, 0.6) is 0 Å². The Hall–Kier alpha value is -4.09. The molecule has 8 heteroatoms. The van der Waals surface area contributed by atoms with Gasteiger partial charge in [0.05, 0.1) is 12.0 Å². The fraction of sp³-hybridized carbons (Fsp3) is 0.375. The predicted octanol–water partition coefficient (Wildman–Crippen LogP) is 5.57. The number of carbonyl (C=O) groups is 1. The molecule has 0 atom stereocenters. The van der Waals surface area contributed by atoms with Crippen LogP contribution in [0, 0.1) is 22.6 Å². The monoisotopic (exact) mass is 536 g/mol. The number of nitriles is 1. The summed E-state index contributed by atoms with van der Waals surface area (Å²) in [6.45, 7) is 9.95. The van der Waals surface area contributed by atoms with Gasteiger partial charge in [-0.3, -0.25) is 9.69 Å². The molecule has 1 saturated heterocycles. The van der Waals surface area contributed by atoms with Crippen molar-refractivity contribution < 1.29 is 9.18 Å². The number of hydrogen-bond acceptors (Lipinski definition) is 5. The van der Waals surface area contributed by atoms with Crippen LogP contribution in [0.2, 0.25) is 0 Å². The van der Waals surface area contributed by atoms with Crippen LogP contribution in [0.1, 0.15) is 56.3 Å². The summed E-state index contributed by atoms with van der Waals surface area (Å²) in [7, 11) is 0. The fourth-order valence-corrected chi connectivity index (χ4v) is 6.27. The lowest BCUT2D eigenvalue weighted by Gasteiger charge is -2.38. The first-order valence-corrected chi connectivity index (χ1v) is 13.8. The van der Waals surface area contributed by atoms with Crippen LogP contribution in [0.4, 0.5) is 10.1 Å². The number of amides is 1. The van der Waals surface area contributed by atoms with Crippen molar-refractivity contribution in [3.8, 4) is 6.07 Å². The van der Waals surface area contributed by atoms with E-state index < -0.39 is 5.41 Å². The number of benzene rings is 2. The number of aromatic nitrogens is 3. The zero-order chi connectivity index (χ0) is 28.1. The largest absolute Gasteiger partial charge is 0.327 e. The normalized spacial score (nSPS) is 17.0. The lowest BCUT2D eigenvalue weighted by molar-refractivity contribution is -0.125. The minimum absolute atomic E-state index is 0.0377. The van der Waals surface area contributed by atoms with Gasteiger partial charge in [0.15, 0.2) is 0 Å². The lowest BCUT2D eigenvalue weighted by Crippen LogP contribution is -2.48. The Labute approximate surface area is 233 Å². The molecule has 2 aromatic carbocycles. The van der Waals surface area contributed by atoms with E-state index in [0.29, 0.717) is 13.1 Å². The SMILES string of the molecule is CC(C)(C)Cn1c(CN2C(=O)C3(CCN(Cc4ccc(F)cc4)CC3)c3ccccc32)cc2cnc(C#N)nc21. The molecule has 2 aromatic heterocycles. The van der Waals surface area contributed by atoms with Crippen molar-refractivity contribution in [2.24, 2.45) is 5.41 Å². The van der Waals surface area contributed by atoms with E-state index in [4.69, 9.17) is 0 Å². The molecule has 40 heavy (non-hydrogen) atoms. The molecule has 2 aliphatic rings. The predicted molar refractivity (Wildman–Crippen MR) is 152 cm³/mol. The van der Waals surface area contributed by atoms with E-state index in [0.717, 1.165) is 66.0 Å². The van der Waals surface area contributed by atoms with Crippen LogP contribution in [0.25, 0.3) is 11.0 Å². The number of para-hydroxylation sites is 1. The van der Waals surface area contributed by atoms with Crippen LogP contribution in [-0.4, -0.2) is 38.4 Å². The molecule has 4 heterocycles. The second-order valence-corrected chi connectivity index (χ2v) is 12.3. The molecule has 0 bridgehead atoms. The number of anilines is 1. The summed E-state index contributed by atoms with van der Waals surface area (Å²) in [5.74, 6) is 0.0569. The van der Waals surface area contributed by atoms with Gasteiger partial charge in [-0.1, -0.05) is 51.1 Å². The number of fused-ring (bicyclic) bond motifs is 3. The summed E-state index contributed by atoms with van der Waals surface area (Å²) >= 11 is 0. The zero-order valence-corrected chi connectivity index (χ0v) is 23.2. The first-order valence-electron chi connectivity index (χ1n) is 13.8. The molecule has 0 aliphatic carbocycles. The molecule has 204 valence electrons. The Morgan fingerprint density at radius 3 is 2.48 bits per heavy atom. The standard InChI is InChI=1S/C32H33FN6O/c1-31(2,3)21-39-25(16-23-18-35-28(17-34)36-29(23)39)20-38-27-7-5-4-6-26(27)32(30(38)40)12-14-37(15-13-32)19-22-8-10-24(33)11-9-22/h4-11,16,18H,12-15,19-21H2,1-3H3. The van der Waals surface area contributed by atoms with Gasteiger partial charge >= 0.3 is 0 Å². The van der Waals surface area contributed by atoms with Gasteiger partial charge in [-0.15, -0.1) is 0 Å². The van der Waals surface area contributed by atoms with Crippen molar-refractivity contribution in [1.29, 1.82) is 5.26 Å². The maximum absolute atomic E-state index is 14.3. The number of carbonyl (C=O) groups excluding carboxylic acids is 1. The van der Waals surface area contributed by atoms with Crippen LogP contribution in [0.3, 0.4) is 0 Å². The minimum atomic E-state index is -0.551. The molecule has 1 fully saturated rings. The zero-order valence-electron chi connectivity index (χ0n) is 23.2. The van der Waals surface area contributed by atoms with E-state index in [2.05, 4.69) is 64.5 Å². The summed E-state index contributed by atoms with van der Waals surface area (Å²) in [5.41, 5.74) is 4.26. The summed E-state index contributed by atoms with van der Waals surface area (Å²) < 4.78 is 15.5. The number of halogens is 1. The van der Waals surface area contributed by atoms with Gasteiger partial charge in [0.25, 0.3) is 0 Å². The van der Waals surface area contributed by atoms with E-state index in [-0.39, 0.29) is 23.0 Å². The summed E-state index contributed by atoms with van der Waals surface area (Å²) in [6.07, 6.45) is 3.17. The average Bonchev–Trinajstić information content (AvgIpc) is 3.38. The molecule has 6 rings (SSSR count). The summed E-state index contributed by atoms with van der Waals surface area (Å²) in [5, 5.41) is 10.3. The molecule has 2 aliphatic heterocycles. The maximum atomic E-state index is 14.3. The number of likely N-dealkylation sites (tertiary alicyclic amines) is 1. The maximum Gasteiger partial charge on any atom is 0.238 e. The van der Waals surface area contributed by atoms with Crippen LogP contribution < -0.4 is 4.90 Å². The highest BCUT2D eigenvalue weighted by molar-refractivity contribution is 6.08. The topological polar surface area (TPSA) is 78.0 Å². The van der Waals surface area contributed by atoms with Crippen molar-refractivity contribution in [2.45, 2.75) is 58.7 Å². The van der Waals surface area contributed by atoms with E-state index in [1.165, 1.54) is 12.1 Å². The van der Waals surface area contributed by atoms with Gasteiger partial charge in [0, 0.05) is 36.1 Å². The molecule has 0 saturated carbocycles. The molecule has 1 spiro atoms. The van der Waals surface area contributed by atoms with Gasteiger partial charge in [-0.25, -0.2) is 14.4 Å². The molecule has 4 aromatic rings. The smallest absolute Gasteiger partial charge is 0.238 e. The summed E-state index contributed by atoms with van der Waals surface area (Å²) in [4.78, 5) is 27.3. The highest BCUT2D eigenvalue weighted by atomic mass is 19.1. The Balaban J connectivity index is 1.30. The van der Waals surface area contributed by atoms with Gasteiger partial charge in [0.2, 0.25) is 11.7 Å². The average molecular weight is 537 g/mol. The second kappa shape index (κ2) is 9.83. The molecular weight excluding hydrogens is 503 g/mol. The van der Waals surface area contributed by atoms with Crippen molar-refractivity contribution >= 4 is 22.6 Å². The van der Waals surface area contributed by atoms with Crippen molar-refractivity contribution in [1.82, 2.24) is 19.4 Å². The van der Waals surface area contributed by atoms with E-state index in [1.54, 1.807) is 6.20 Å². The van der Waals surface area contributed by atoms with E-state index in [1.807, 2.05) is 29.2 Å². The number of piperidine rings is 1. The molecule has 0 radical (unpaired) electrons. The van der Waals surface area contributed by atoms with Gasteiger partial charge in [-0.05, 0) is 66.7 Å². The van der Waals surface area contributed by atoms with Crippen LogP contribution >= 0.6 is 0 Å². The second-order valence-electron chi connectivity index (χ2n) is 12.3. The fourth-order valence-electron chi connectivity index (χ4n) is 6.27. The Kier molecular flexibility index (Phi) is 6.42. The Morgan fingerprint density at radius 2 is 1.77 bits per heavy atom. The highest BCUT2D eigenvalue weighted by Crippen LogP contribution is 2.48. The lowest BCUT2D eigenvalue weighted by atomic mass is 9.73. The Bertz CT molecular complexity index is 1620. The number of nitrogens with zero attached hydrogens (tertiary/aromatic N) is 6. The van der Waals surface area contributed by atoms with Crippen LogP contribution in [0.15, 0.2) is 60.8 Å². The minimum Gasteiger partial charge on any atom is -0.327 e. The molecule has 1 amide bonds. The highest BCUT2D eigenvalue weighted by Gasteiger charge is 2.52. The molecule has 0 unspecified atom stereocenters. The van der Waals surface area contributed by atoms with Crippen molar-refractivity contribution in [3.05, 3.63) is 89.3 Å². The molecule has 7 nitrogen and oxygen atoms in total. The van der Waals surface area contributed by atoms with Gasteiger partial charge in [0.1, 0.15) is 17.5 Å². The number of rotatable bonds is 5. The first kappa shape index (κ1) is 26.1. The van der Waals surface area contributed by atoms with Crippen molar-refractivity contribution in [2.75, 3.05) is 18.0 Å². The summed E-state index contributed by atoms with van der Waals surface area (Å²) in [6, 6.07) is 19.0. The van der Waals surface area contributed by atoms with Gasteiger partial charge in [-0.2, -0.15) is 5.26 Å². The third kappa shape index (κ3) is 4.65. The van der Waals surface area contributed by atoms with Gasteiger partial charge < -0.3 is 9.47 Å². The van der Waals surface area contributed by atoms with Crippen LogP contribution in [-0.2, 0) is 29.8 Å².